The number of nitrogens with zero attached hydrogens (tertiary/aromatic N) is 2. The van der Waals surface area contributed by atoms with E-state index in [4.69, 9.17) is 16.1 Å². The number of benzene rings is 1. The van der Waals surface area contributed by atoms with Gasteiger partial charge in [0.05, 0.1) is 18.1 Å². The minimum atomic E-state index is -4.73. The summed E-state index contributed by atoms with van der Waals surface area (Å²) in [6.07, 6.45) is -0.901. The lowest BCUT2D eigenvalue weighted by Gasteiger charge is -2.15. The first-order valence-corrected chi connectivity index (χ1v) is 10.8. The summed E-state index contributed by atoms with van der Waals surface area (Å²) in [5.74, 6) is -0.118. The molecule has 0 radical (unpaired) electrons. The molecule has 2 N–H and O–H groups in total. The number of ether oxygens (including phenoxy) is 1. The van der Waals surface area contributed by atoms with E-state index < -0.39 is 35.6 Å². The zero-order chi connectivity index (χ0) is 22.6. The van der Waals surface area contributed by atoms with Crippen LogP contribution in [-0.4, -0.2) is 36.6 Å². The molecule has 1 atom stereocenters. The van der Waals surface area contributed by atoms with Gasteiger partial charge in [0.1, 0.15) is 6.04 Å². The van der Waals surface area contributed by atoms with Crippen LogP contribution in [0.4, 0.5) is 13.2 Å². The lowest BCUT2D eigenvalue weighted by molar-refractivity contribution is -0.330. The van der Waals surface area contributed by atoms with Gasteiger partial charge in [0.15, 0.2) is 0 Å². The molecule has 1 aromatic heterocycles. The number of aliphatic hydroxyl groups is 1. The van der Waals surface area contributed by atoms with Gasteiger partial charge in [-0.15, -0.1) is 13.2 Å². The second-order valence-electron chi connectivity index (χ2n) is 6.48. The van der Waals surface area contributed by atoms with Gasteiger partial charge in [0, 0.05) is 10.6 Å². The lowest BCUT2D eigenvalue weighted by atomic mass is 10.1. The summed E-state index contributed by atoms with van der Waals surface area (Å²) in [6, 6.07) is 4.51. The number of sulfonamides is 1. The number of alkyl halides is 3. The van der Waals surface area contributed by atoms with Crippen molar-refractivity contribution in [1.82, 2.24) is 14.9 Å². The van der Waals surface area contributed by atoms with Crippen LogP contribution in [-0.2, 0) is 21.4 Å². The largest absolute Gasteiger partial charge is 0.522 e. The smallest absolute Gasteiger partial charge is 0.394 e. The van der Waals surface area contributed by atoms with E-state index in [0.29, 0.717) is 23.4 Å². The Labute approximate surface area is 180 Å². The molecule has 1 heterocycles. The van der Waals surface area contributed by atoms with Crippen molar-refractivity contribution in [3.05, 3.63) is 57.8 Å². The van der Waals surface area contributed by atoms with Crippen LogP contribution >= 0.6 is 11.6 Å². The van der Waals surface area contributed by atoms with E-state index in [1.165, 1.54) is 36.4 Å². The van der Waals surface area contributed by atoms with Gasteiger partial charge in [-0.1, -0.05) is 47.1 Å². The Balaban J connectivity index is 1.72. The molecule has 1 aliphatic rings. The standard InChI is InChI=1S/C18H17ClF3N3O5S/c19-13-2-1-3-14(8-13)31(27,28)25-15(9-26)17-23-16(24-30-17)12-6-4-11(5-7-12)10-29-18(20,21)22/h3-8,15,25-26H,1-2,9-10H2. The van der Waals surface area contributed by atoms with Crippen LogP contribution in [0.2, 0.25) is 0 Å². The van der Waals surface area contributed by atoms with E-state index >= 15 is 0 Å². The molecule has 1 aromatic carbocycles. The van der Waals surface area contributed by atoms with Gasteiger partial charge in [-0.2, -0.15) is 9.71 Å². The first-order chi connectivity index (χ1) is 14.6. The Bertz CT molecular complexity index is 1080. The summed E-state index contributed by atoms with van der Waals surface area (Å²) in [4.78, 5) is 4.04. The highest BCUT2D eigenvalue weighted by Crippen LogP contribution is 2.26. The van der Waals surface area contributed by atoms with E-state index in [-0.39, 0.29) is 22.2 Å². The monoisotopic (exact) mass is 479 g/mol. The normalized spacial score (nSPS) is 16.0. The summed E-state index contributed by atoms with van der Waals surface area (Å²) in [5, 5.41) is 13.7. The number of halogens is 4. The number of rotatable bonds is 8. The van der Waals surface area contributed by atoms with Crippen molar-refractivity contribution < 1.29 is 36.0 Å². The number of hydrogen-bond donors (Lipinski definition) is 2. The predicted octanol–water partition coefficient (Wildman–Crippen LogP) is 3.53. The van der Waals surface area contributed by atoms with Crippen molar-refractivity contribution in [2.75, 3.05) is 6.61 Å². The molecular formula is C18H17ClF3N3O5S. The van der Waals surface area contributed by atoms with Gasteiger partial charge < -0.3 is 9.63 Å². The number of allylic oxidation sites excluding steroid dienone is 3. The second-order valence-corrected chi connectivity index (χ2v) is 8.68. The topological polar surface area (TPSA) is 115 Å². The molecular weight excluding hydrogens is 463 g/mol. The quantitative estimate of drug-likeness (QED) is 0.595. The maximum Gasteiger partial charge on any atom is 0.522 e. The highest BCUT2D eigenvalue weighted by molar-refractivity contribution is 7.93. The summed E-state index contributed by atoms with van der Waals surface area (Å²) in [7, 11) is -4.00. The Morgan fingerprint density at radius 1 is 1.29 bits per heavy atom. The fraction of sp³-hybridized carbons (Fsp3) is 0.333. The molecule has 168 valence electrons. The Kier molecular flexibility index (Phi) is 7.17. The van der Waals surface area contributed by atoms with Gasteiger partial charge in [-0.05, 0) is 24.5 Å². The fourth-order valence-electron chi connectivity index (χ4n) is 2.66. The van der Waals surface area contributed by atoms with E-state index in [1.54, 1.807) is 0 Å². The molecule has 1 unspecified atom stereocenters. The summed E-state index contributed by atoms with van der Waals surface area (Å²) in [6.45, 7) is -1.30. The molecule has 0 saturated heterocycles. The van der Waals surface area contributed by atoms with E-state index in [9.17, 15) is 26.7 Å². The fourth-order valence-corrected chi connectivity index (χ4v) is 4.27. The third-order valence-corrected chi connectivity index (χ3v) is 5.97. The average molecular weight is 480 g/mol. The van der Waals surface area contributed by atoms with Crippen LogP contribution in [0.5, 0.6) is 0 Å². The van der Waals surface area contributed by atoms with Crippen molar-refractivity contribution >= 4 is 21.6 Å². The molecule has 1 aliphatic carbocycles. The Hall–Kier alpha value is -2.25. The summed E-state index contributed by atoms with van der Waals surface area (Å²) >= 11 is 5.90. The molecule has 2 aromatic rings. The molecule has 0 amide bonds. The van der Waals surface area contributed by atoms with Crippen LogP contribution in [0.25, 0.3) is 11.4 Å². The third kappa shape index (κ3) is 6.37. The molecule has 0 saturated carbocycles. The number of aromatic nitrogens is 2. The SMILES string of the molecule is O=S(=O)(NC(CO)c1nc(-c2ccc(COC(F)(F)F)cc2)no1)C1=CCCC(Cl)=C1. The molecule has 8 nitrogen and oxygen atoms in total. The highest BCUT2D eigenvalue weighted by Gasteiger charge is 2.29. The van der Waals surface area contributed by atoms with Crippen molar-refractivity contribution in [2.24, 2.45) is 0 Å². The number of aliphatic hydroxyl groups excluding tert-OH is 1. The van der Waals surface area contributed by atoms with Gasteiger partial charge in [0.25, 0.3) is 0 Å². The van der Waals surface area contributed by atoms with Gasteiger partial charge in [-0.25, -0.2) is 8.42 Å². The minimum absolute atomic E-state index is 0.0291. The summed E-state index contributed by atoms with van der Waals surface area (Å²) in [5.41, 5.74) is 0.688. The summed E-state index contributed by atoms with van der Waals surface area (Å²) < 4.78 is 72.5. The van der Waals surface area contributed by atoms with E-state index in [1.807, 2.05) is 0 Å². The molecule has 13 heteroatoms. The van der Waals surface area contributed by atoms with Crippen LogP contribution < -0.4 is 4.72 Å². The predicted molar refractivity (Wildman–Crippen MR) is 104 cm³/mol. The third-order valence-electron chi connectivity index (χ3n) is 4.17. The van der Waals surface area contributed by atoms with Crippen molar-refractivity contribution in [3.63, 3.8) is 0 Å². The maximum atomic E-state index is 12.5. The van der Waals surface area contributed by atoms with Crippen LogP contribution in [0, 0.1) is 0 Å². The molecule has 0 aliphatic heterocycles. The maximum absolute atomic E-state index is 12.5. The Morgan fingerprint density at radius 3 is 2.61 bits per heavy atom. The van der Waals surface area contributed by atoms with Crippen molar-refractivity contribution in [1.29, 1.82) is 0 Å². The van der Waals surface area contributed by atoms with Crippen LogP contribution in [0.3, 0.4) is 0 Å². The molecule has 0 fully saturated rings. The second kappa shape index (κ2) is 9.49. The molecule has 3 rings (SSSR count). The average Bonchev–Trinajstić information content (AvgIpc) is 3.20. The number of nitrogens with one attached hydrogen (secondary N) is 1. The highest BCUT2D eigenvalue weighted by atomic mass is 35.5. The van der Waals surface area contributed by atoms with Gasteiger partial charge in [-0.3, -0.25) is 4.74 Å². The van der Waals surface area contributed by atoms with Crippen LogP contribution in [0.15, 0.2) is 50.9 Å². The zero-order valence-corrected chi connectivity index (χ0v) is 17.3. The van der Waals surface area contributed by atoms with E-state index in [2.05, 4.69) is 19.6 Å². The minimum Gasteiger partial charge on any atom is -0.394 e. The van der Waals surface area contributed by atoms with Crippen LogP contribution in [0.1, 0.15) is 30.3 Å². The Morgan fingerprint density at radius 2 is 2.00 bits per heavy atom. The molecule has 0 bridgehead atoms. The van der Waals surface area contributed by atoms with E-state index in [0.717, 1.165) is 0 Å². The lowest BCUT2D eigenvalue weighted by Crippen LogP contribution is -2.32. The first kappa shape index (κ1) is 23.4. The zero-order valence-electron chi connectivity index (χ0n) is 15.8. The number of hydrogen-bond acceptors (Lipinski definition) is 7. The van der Waals surface area contributed by atoms with Gasteiger partial charge >= 0.3 is 6.36 Å². The molecule has 31 heavy (non-hydrogen) atoms. The van der Waals surface area contributed by atoms with Crippen molar-refractivity contribution in [2.45, 2.75) is 31.9 Å². The van der Waals surface area contributed by atoms with Gasteiger partial charge in [0.2, 0.25) is 21.7 Å². The first-order valence-electron chi connectivity index (χ1n) is 8.90. The molecule has 0 spiro atoms. The van der Waals surface area contributed by atoms with Crippen molar-refractivity contribution in [3.8, 4) is 11.4 Å².